The van der Waals surface area contributed by atoms with E-state index in [4.69, 9.17) is 17.5 Å². The molecule has 0 spiro atoms. The maximum absolute atomic E-state index is 11.7. The number of Topliss-reactive ketones (excluding diaryl/α,β-unsaturated/α-hetero) is 1. The number of aliphatic carboxylic acids is 3. The number of anilines is 6. The zero-order valence-corrected chi connectivity index (χ0v) is 39.6. The molecular weight excluding hydrogens is 921 g/mol. The number of ketones is 1. The molecule has 0 bridgehead atoms. The molecule has 8 aromatic rings. The van der Waals surface area contributed by atoms with E-state index in [1.165, 1.54) is 0 Å². The summed E-state index contributed by atoms with van der Waals surface area (Å²) in [4.78, 5) is 49.7. The normalized spacial score (nSPS) is 11.6. The molecule has 9 rings (SSSR count). The largest absolute Gasteiger partial charge is 0.481 e. The second-order valence-electron chi connectivity index (χ2n) is 17.0. The average Bonchev–Trinajstić information content (AvgIpc) is 4.06. The van der Waals surface area contributed by atoms with Crippen LogP contribution in [0.5, 0.6) is 0 Å². The van der Waals surface area contributed by atoms with E-state index in [0.717, 1.165) is 102 Å². The first-order valence-electron chi connectivity index (χ1n) is 22.7. The lowest BCUT2D eigenvalue weighted by atomic mass is 9.93. The quantitative estimate of drug-likeness (QED) is 0.0660. The van der Waals surface area contributed by atoms with Crippen LogP contribution >= 0.6 is 11.7 Å². The van der Waals surface area contributed by atoms with E-state index in [2.05, 4.69) is 34.1 Å². The summed E-state index contributed by atoms with van der Waals surface area (Å²) in [7, 11) is 0. The SMILES string of the molecule is CC(=O)CCc1ccc(N(c2ccc(CCC(=O)O)cc2)c2ccc(-c3c4c(c(-c5ccc(N(c6ccc(CCC(=O)O)cc6)c6ccc(CCC(=O)O)cc6)cc5)c5nsnc35)N=S=N4)cc2)cc1. The molecule has 0 saturated carbocycles. The van der Waals surface area contributed by atoms with Crippen LogP contribution in [0, 0.1) is 0 Å². The number of carbonyl (C=O) groups excluding carboxylic acids is 1. The highest BCUT2D eigenvalue weighted by Crippen LogP contribution is 2.52. The van der Waals surface area contributed by atoms with Crippen molar-refractivity contribution >= 4 is 103 Å². The van der Waals surface area contributed by atoms with Gasteiger partial charge in [0, 0.05) is 70.9 Å². The van der Waals surface area contributed by atoms with E-state index in [0.29, 0.717) is 54.5 Å². The highest BCUT2D eigenvalue weighted by atomic mass is 32.1. The second kappa shape index (κ2) is 21.0. The van der Waals surface area contributed by atoms with Gasteiger partial charge >= 0.3 is 17.9 Å². The third-order valence-corrected chi connectivity index (χ3v) is 13.2. The van der Waals surface area contributed by atoms with E-state index >= 15 is 0 Å². The summed E-state index contributed by atoms with van der Waals surface area (Å²) < 4.78 is 19.4. The van der Waals surface area contributed by atoms with E-state index in [1.807, 2.05) is 121 Å². The fraction of sp³-hybridized carbons (Fsp3) is 0.164. The zero-order chi connectivity index (χ0) is 48.7. The van der Waals surface area contributed by atoms with Gasteiger partial charge in [-0.15, -0.1) is 0 Å². The van der Waals surface area contributed by atoms with Crippen molar-refractivity contribution < 1.29 is 34.5 Å². The highest BCUT2D eigenvalue weighted by molar-refractivity contribution is 7.58. The van der Waals surface area contributed by atoms with Crippen molar-refractivity contribution in [2.24, 2.45) is 8.73 Å². The van der Waals surface area contributed by atoms with Crippen molar-refractivity contribution in [1.82, 2.24) is 8.75 Å². The molecule has 7 aromatic carbocycles. The van der Waals surface area contributed by atoms with Crippen LogP contribution in [0.25, 0.3) is 33.3 Å². The van der Waals surface area contributed by atoms with Crippen molar-refractivity contribution in [3.05, 3.63) is 168 Å². The van der Waals surface area contributed by atoms with Gasteiger partial charge in [-0.05, 0) is 139 Å². The van der Waals surface area contributed by atoms with Crippen LogP contribution in [0.1, 0.15) is 54.9 Å². The summed E-state index contributed by atoms with van der Waals surface area (Å²) in [5.41, 5.74) is 15.4. The van der Waals surface area contributed by atoms with Crippen LogP contribution in [0.2, 0.25) is 0 Å². The van der Waals surface area contributed by atoms with Crippen LogP contribution < -0.4 is 9.80 Å². The molecule has 13 nitrogen and oxygen atoms in total. The summed E-state index contributed by atoms with van der Waals surface area (Å²) >= 11 is 2.26. The number of fused-ring (bicyclic) bond motifs is 2. The van der Waals surface area contributed by atoms with Gasteiger partial charge in [-0.3, -0.25) is 14.4 Å². The van der Waals surface area contributed by atoms with Gasteiger partial charge in [-0.2, -0.15) is 17.5 Å². The lowest BCUT2D eigenvalue weighted by Gasteiger charge is -2.26. The first-order chi connectivity index (χ1) is 34.0. The Balaban J connectivity index is 1.05. The minimum atomic E-state index is -0.851. The van der Waals surface area contributed by atoms with Crippen LogP contribution in [0.3, 0.4) is 0 Å². The molecule has 0 aliphatic carbocycles. The van der Waals surface area contributed by atoms with E-state index in [9.17, 15) is 34.5 Å². The number of carboxylic acids is 3. The first kappa shape index (κ1) is 46.9. The van der Waals surface area contributed by atoms with Gasteiger partial charge in [-0.25, -0.2) is 0 Å². The monoisotopic (exact) mass is 966 g/mol. The van der Waals surface area contributed by atoms with Crippen LogP contribution in [-0.2, 0) is 56.2 Å². The Bertz CT molecular complexity index is 2960. The Kier molecular flexibility index (Phi) is 14.1. The second-order valence-corrected chi connectivity index (χ2v) is 18.0. The Morgan fingerprint density at radius 1 is 0.414 bits per heavy atom. The van der Waals surface area contributed by atoms with E-state index in [-0.39, 0.29) is 25.0 Å². The fourth-order valence-electron chi connectivity index (χ4n) is 8.57. The van der Waals surface area contributed by atoms with E-state index in [1.54, 1.807) is 6.92 Å². The van der Waals surface area contributed by atoms with Crippen molar-refractivity contribution in [3.8, 4) is 22.3 Å². The fourth-order valence-corrected chi connectivity index (χ4v) is 9.69. The Morgan fingerprint density at radius 2 is 0.686 bits per heavy atom. The number of hydrogen-bond acceptors (Lipinski definition) is 11. The van der Waals surface area contributed by atoms with Gasteiger partial charge in [0.2, 0.25) is 0 Å². The number of carbonyl (C=O) groups is 4. The zero-order valence-electron chi connectivity index (χ0n) is 38.0. The Hall–Kier alpha value is -8.14. The van der Waals surface area contributed by atoms with Crippen molar-refractivity contribution in [2.75, 3.05) is 9.80 Å². The summed E-state index contributed by atoms with van der Waals surface area (Å²) in [5, 5.41) is 27.7. The summed E-state index contributed by atoms with van der Waals surface area (Å²) in [6.07, 6.45) is 2.53. The van der Waals surface area contributed by atoms with Crippen LogP contribution in [0.4, 0.5) is 45.5 Å². The Morgan fingerprint density at radius 3 is 0.957 bits per heavy atom. The smallest absolute Gasteiger partial charge is 0.303 e. The predicted octanol–water partition coefficient (Wildman–Crippen LogP) is 13.3. The summed E-state index contributed by atoms with van der Waals surface area (Å²) in [5.74, 6) is -2.40. The van der Waals surface area contributed by atoms with Gasteiger partial charge in [0.1, 0.15) is 28.2 Å². The van der Waals surface area contributed by atoms with Gasteiger partial charge in [0.15, 0.2) is 0 Å². The van der Waals surface area contributed by atoms with E-state index < -0.39 is 17.9 Å². The number of benzene rings is 7. The molecule has 0 atom stereocenters. The third kappa shape index (κ3) is 10.6. The number of nitrogens with zero attached hydrogens (tertiary/aromatic N) is 6. The molecule has 70 heavy (non-hydrogen) atoms. The predicted molar refractivity (Wildman–Crippen MR) is 276 cm³/mol. The molecule has 0 amide bonds. The first-order valence-corrected chi connectivity index (χ1v) is 24.2. The number of aryl methyl sites for hydroxylation is 4. The molecular formula is C55H46N6O7S2. The maximum atomic E-state index is 11.7. The van der Waals surface area contributed by atoms with Gasteiger partial charge < -0.3 is 29.9 Å². The number of hydrogen-bond donors (Lipinski definition) is 3. The number of carboxylic acid groups (broad SMARTS) is 3. The number of aromatic nitrogens is 2. The molecule has 1 aliphatic heterocycles. The lowest BCUT2D eigenvalue weighted by molar-refractivity contribution is -0.138. The molecule has 350 valence electrons. The molecule has 1 aromatic heterocycles. The molecule has 1 aliphatic rings. The molecule has 0 saturated heterocycles. The van der Waals surface area contributed by atoms with Gasteiger partial charge in [-0.1, -0.05) is 72.8 Å². The molecule has 3 N–H and O–H groups in total. The van der Waals surface area contributed by atoms with Crippen molar-refractivity contribution in [3.63, 3.8) is 0 Å². The Labute approximate surface area is 411 Å². The summed E-state index contributed by atoms with van der Waals surface area (Å²) in [6, 6.07) is 48.1. The van der Waals surface area contributed by atoms with Crippen molar-refractivity contribution in [1.29, 1.82) is 0 Å². The molecule has 0 fully saturated rings. The minimum absolute atomic E-state index is 0.0372. The van der Waals surface area contributed by atoms with Crippen LogP contribution in [0.15, 0.2) is 154 Å². The van der Waals surface area contributed by atoms with Crippen molar-refractivity contribution in [2.45, 2.75) is 58.3 Å². The standard InChI is InChI=1S/C55H46N6O7S2/c1-34(62)2-3-35-4-19-41(20-5-35)60(42-21-6-36(7-22-42)12-31-47(63)64)45-27-15-39(16-28-45)50-52-54(58-69-56-52)51(55-53(50)57-70-59-55)40-17-29-46(30-18-40)61(43-23-8-37(9-24-43)13-32-48(65)66)44-25-10-38(11-26-44)14-33-49(67)68/h4-11,15-30H,2-3,12-14,31-33H2,1H3,(H,63,64)(H,65,66)(H,67,68). The third-order valence-electron chi connectivity index (χ3n) is 12.2. The molecule has 15 heteroatoms. The number of rotatable bonds is 20. The minimum Gasteiger partial charge on any atom is -0.481 e. The average molecular weight is 967 g/mol. The molecule has 0 unspecified atom stereocenters. The van der Waals surface area contributed by atoms with Gasteiger partial charge in [0.05, 0.1) is 23.1 Å². The molecule has 2 heterocycles. The topological polar surface area (TPSA) is 186 Å². The summed E-state index contributed by atoms with van der Waals surface area (Å²) in [6.45, 7) is 1.60. The maximum Gasteiger partial charge on any atom is 0.303 e. The lowest BCUT2D eigenvalue weighted by Crippen LogP contribution is -2.10. The van der Waals surface area contributed by atoms with Crippen LogP contribution in [-0.4, -0.2) is 47.8 Å². The molecule has 0 radical (unpaired) electrons. The highest BCUT2D eigenvalue weighted by Gasteiger charge is 2.27. The van der Waals surface area contributed by atoms with Gasteiger partial charge in [0.25, 0.3) is 0 Å².